The Morgan fingerprint density at radius 1 is 1.00 bits per heavy atom. The zero-order chi connectivity index (χ0) is 18.2. The van der Waals surface area contributed by atoms with Crippen LogP contribution in [0.3, 0.4) is 0 Å². The van der Waals surface area contributed by atoms with E-state index in [0.29, 0.717) is 24.6 Å². The number of nitrogens with zero attached hydrogens (tertiary/aromatic N) is 3. The number of hydrogen-bond acceptors (Lipinski definition) is 4. The van der Waals surface area contributed by atoms with Crippen LogP contribution in [0, 0.1) is 5.92 Å². The van der Waals surface area contributed by atoms with Crippen LogP contribution in [0.4, 0.5) is 0 Å². The Bertz CT molecular complexity index is 384. The van der Waals surface area contributed by atoms with Gasteiger partial charge in [-0.15, -0.1) is 0 Å². The summed E-state index contributed by atoms with van der Waals surface area (Å²) in [5.41, 5.74) is 0. The summed E-state index contributed by atoms with van der Waals surface area (Å²) in [5, 5.41) is 0. The van der Waals surface area contributed by atoms with Crippen molar-refractivity contribution in [2.75, 3.05) is 52.4 Å². The molecular formula is C20H39N3O2. The molecule has 2 heterocycles. The summed E-state index contributed by atoms with van der Waals surface area (Å²) in [6, 6.07) is 0.585. The van der Waals surface area contributed by atoms with Crippen molar-refractivity contribution in [3.63, 3.8) is 0 Å². The van der Waals surface area contributed by atoms with Crippen molar-refractivity contribution < 1.29 is 9.53 Å². The molecule has 146 valence electrons. The summed E-state index contributed by atoms with van der Waals surface area (Å²) in [6.45, 7) is 16.1. The molecule has 0 bridgehead atoms. The minimum absolute atomic E-state index is 0.326. The van der Waals surface area contributed by atoms with E-state index in [9.17, 15) is 4.79 Å². The fourth-order valence-electron chi connectivity index (χ4n) is 3.90. The Morgan fingerprint density at radius 3 is 2.20 bits per heavy atom. The predicted molar refractivity (Wildman–Crippen MR) is 103 cm³/mol. The second-order valence-electron chi connectivity index (χ2n) is 8.29. The van der Waals surface area contributed by atoms with Gasteiger partial charge in [0.25, 0.3) is 0 Å². The average molecular weight is 354 g/mol. The van der Waals surface area contributed by atoms with Gasteiger partial charge in [0.05, 0.1) is 12.6 Å². The second-order valence-corrected chi connectivity index (χ2v) is 8.29. The molecule has 1 amide bonds. The number of piperidine rings is 1. The second kappa shape index (κ2) is 10.5. The molecule has 2 aliphatic heterocycles. The monoisotopic (exact) mass is 353 g/mol. The number of piperazine rings is 1. The maximum absolute atomic E-state index is 12.5. The maximum atomic E-state index is 12.5. The number of rotatable bonds is 8. The molecule has 5 nitrogen and oxygen atoms in total. The summed E-state index contributed by atoms with van der Waals surface area (Å²) in [6.07, 6.45) is 5.25. The van der Waals surface area contributed by atoms with Gasteiger partial charge in [-0.3, -0.25) is 14.6 Å². The highest BCUT2D eigenvalue weighted by atomic mass is 16.5. The van der Waals surface area contributed by atoms with Crippen LogP contribution in [-0.2, 0) is 9.53 Å². The van der Waals surface area contributed by atoms with E-state index in [1.54, 1.807) is 0 Å². The van der Waals surface area contributed by atoms with Crippen molar-refractivity contribution in [2.45, 2.75) is 65.5 Å². The van der Waals surface area contributed by atoms with Gasteiger partial charge < -0.3 is 9.64 Å². The van der Waals surface area contributed by atoms with E-state index < -0.39 is 0 Å². The molecular weight excluding hydrogens is 314 g/mol. The molecule has 2 aliphatic rings. The van der Waals surface area contributed by atoms with Crippen LogP contribution in [0.2, 0.25) is 0 Å². The summed E-state index contributed by atoms with van der Waals surface area (Å²) >= 11 is 0. The lowest BCUT2D eigenvalue weighted by atomic mass is 9.92. The first-order valence-electron chi connectivity index (χ1n) is 10.3. The molecule has 2 rings (SSSR count). The minimum Gasteiger partial charge on any atom is -0.379 e. The van der Waals surface area contributed by atoms with Crippen LogP contribution in [0.1, 0.15) is 53.4 Å². The first-order valence-corrected chi connectivity index (χ1v) is 10.3. The predicted octanol–water partition coefficient (Wildman–Crippen LogP) is 2.46. The van der Waals surface area contributed by atoms with Crippen LogP contribution >= 0.6 is 0 Å². The van der Waals surface area contributed by atoms with Gasteiger partial charge in [-0.25, -0.2) is 0 Å². The molecule has 0 aliphatic carbocycles. The van der Waals surface area contributed by atoms with Crippen LogP contribution in [0.25, 0.3) is 0 Å². The normalized spacial score (nSPS) is 21.4. The molecule has 0 aromatic carbocycles. The van der Waals surface area contributed by atoms with Gasteiger partial charge >= 0.3 is 0 Å². The van der Waals surface area contributed by atoms with Gasteiger partial charge in [0.2, 0.25) is 5.91 Å². The largest absolute Gasteiger partial charge is 0.379 e. The third-order valence-electron chi connectivity index (χ3n) is 5.67. The first-order chi connectivity index (χ1) is 12.0. The van der Waals surface area contributed by atoms with Gasteiger partial charge in [0.1, 0.15) is 0 Å². The third-order valence-corrected chi connectivity index (χ3v) is 5.67. The summed E-state index contributed by atoms with van der Waals surface area (Å²) in [5.74, 6) is 1.14. The number of carbonyl (C=O) groups excluding carboxylic acids is 1. The van der Waals surface area contributed by atoms with E-state index in [1.807, 2.05) is 0 Å². The zero-order valence-electron chi connectivity index (χ0n) is 16.9. The molecule has 2 saturated heterocycles. The van der Waals surface area contributed by atoms with Crippen molar-refractivity contribution in [3.05, 3.63) is 0 Å². The Hall–Kier alpha value is -0.650. The smallest absolute Gasteiger partial charge is 0.236 e. The van der Waals surface area contributed by atoms with Gasteiger partial charge in [-0.2, -0.15) is 0 Å². The SMILES string of the molecule is CC(C)OCCCC1CCN(CC(=O)N2CCN(C(C)C)CC2)CC1. The van der Waals surface area contributed by atoms with Crippen LogP contribution < -0.4 is 0 Å². The molecule has 0 unspecified atom stereocenters. The zero-order valence-corrected chi connectivity index (χ0v) is 16.9. The lowest BCUT2D eigenvalue weighted by Crippen LogP contribution is -2.53. The summed E-state index contributed by atoms with van der Waals surface area (Å²) in [7, 11) is 0. The molecule has 2 fully saturated rings. The van der Waals surface area contributed by atoms with Crippen molar-refractivity contribution in [1.82, 2.24) is 14.7 Å². The van der Waals surface area contributed by atoms with Crippen LogP contribution in [0.15, 0.2) is 0 Å². The summed E-state index contributed by atoms with van der Waals surface area (Å²) < 4.78 is 5.63. The Labute approximate surface area is 154 Å². The van der Waals surface area contributed by atoms with E-state index in [1.165, 1.54) is 25.7 Å². The molecule has 0 spiro atoms. The van der Waals surface area contributed by atoms with Crippen LogP contribution in [0.5, 0.6) is 0 Å². The standard InChI is InChI=1S/C20H39N3O2/c1-17(2)22-11-13-23(14-12-22)20(24)16-21-9-7-19(8-10-21)6-5-15-25-18(3)4/h17-19H,5-16H2,1-4H3. The van der Waals surface area contributed by atoms with Gasteiger partial charge in [-0.05, 0) is 72.4 Å². The highest BCUT2D eigenvalue weighted by Gasteiger charge is 2.25. The topological polar surface area (TPSA) is 36.0 Å². The minimum atomic E-state index is 0.326. The first kappa shape index (κ1) is 20.7. The molecule has 25 heavy (non-hydrogen) atoms. The molecule has 0 saturated carbocycles. The molecule has 0 aromatic heterocycles. The fourth-order valence-corrected chi connectivity index (χ4v) is 3.90. The van der Waals surface area contributed by atoms with E-state index in [2.05, 4.69) is 42.4 Å². The maximum Gasteiger partial charge on any atom is 0.236 e. The van der Waals surface area contributed by atoms with Crippen molar-refractivity contribution in [1.29, 1.82) is 0 Å². The number of amides is 1. The van der Waals surface area contributed by atoms with Crippen LogP contribution in [-0.4, -0.2) is 85.2 Å². The van der Waals surface area contributed by atoms with Gasteiger partial charge in [-0.1, -0.05) is 0 Å². The third kappa shape index (κ3) is 7.24. The Balaban J connectivity index is 1.59. The molecule has 5 heteroatoms. The lowest BCUT2D eigenvalue weighted by Gasteiger charge is -2.38. The van der Waals surface area contributed by atoms with Gasteiger partial charge in [0.15, 0.2) is 0 Å². The highest BCUT2D eigenvalue weighted by molar-refractivity contribution is 5.78. The Morgan fingerprint density at radius 2 is 1.64 bits per heavy atom. The number of hydrogen-bond donors (Lipinski definition) is 0. The molecule has 0 aromatic rings. The van der Waals surface area contributed by atoms with E-state index in [0.717, 1.165) is 51.8 Å². The lowest BCUT2D eigenvalue weighted by molar-refractivity contribution is -0.134. The van der Waals surface area contributed by atoms with E-state index in [-0.39, 0.29) is 0 Å². The van der Waals surface area contributed by atoms with Crippen molar-refractivity contribution in [3.8, 4) is 0 Å². The fraction of sp³-hybridized carbons (Fsp3) is 0.950. The van der Waals surface area contributed by atoms with E-state index >= 15 is 0 Å². The molecule has 0 radical (unpaired) electrons. The summed E-state index contributed by atoms with van der Waals surface area (Å²) in [4.78, 5) is 19.4. The number of ether oxygens (including phenoxy) is 1. The molecule has 0 N–H and O–H groups in total. The number of carbonyl (C=O) groups is 1. The van der Waals surface area contributed by atoms with Crippen molar-refractivity contribution in [2.24, 2.45) is 5.92 Å². The highest BCUT2D eigenvalue weighted by Crippen LogP contribution is 2.22. The van der Waals surface area contributed by atoms with Gasteiger partial charge in [0, 0.05) is 38.8 Å². The quantitative estimate of drug-likeness (QED) is 0.628. The van der Waals surface area contributed by atoms with E-state index in [4.69, 9.17) is 4.74 Å². The number of likely N-dealkylation sites (tertiary alicyclic amines) is 1. The van der Waals surface area contributed by atoms with Crippen molar-refractivity contribution >= 4 is 5.91 Å². The Kier molecular flexibility index (Phi) is 8.67. The molecule has 0 atom stereocenters. The average Bonchev–Trinajstić information content (AvgIpc) is 2.60.